The molecule has 6 heteroatoms. The zero-order valence-corrected chi connectivity index (χ0v) is 15.5. The highest BCUT2D eigenvalue weighted by Gasteiger charge is 2.15. The Morgan fingerprint density at radius 1 is 1.08 bits per heavy atom. The molecule has 0 unspecified atom stereocenters. The van der Waals surface area contributed by atoms with Crippen LogP contribution in [0.3, 0.4) is 0 Å². The van der Waals surface area contributed by atoms with E-state index in [1.54, 1.807) is 7.11 Å². The third-order valence-electron chi connectivity index (χ3n) is 4.09. The third-order valence-corrected chi connectivity index (χ3v) is 4.81. The van der Waals surface area contributed by atoms with Crippen molar-refractivity contribution < 1.29 is 4.74 Å². The Kier molecular flexibility index (Phi) is 4.04. The Morgan fingerprint density at radius 3 is 2.48 bits per heavy atom. The van der Waals surface area contributed by atoms with Crippen LogP contribution in [0.15, 0.2) is 65.8 Å². The predicted octanol–water partition coefficient (Wildman–Crippen LogP) is 3.99. The van der Waals surface area contributed by atoms with Crippen molar-refractivity contribution in [3.63, 3.8) is 0 Å². The van der Waals surface area contributed by atoms with Crippen molar-refractivity contribution in [3.8, 4) is 22.6 Å². The lowest BCUT2D eigenvalue weighted by atomic mass is 10.1. The van der Waals surface area contributed by atoms with Gasteiger partial charge in [-0.15, -0.1) is 0 Å². The molecular weight excluding hydrogens is 429 g/mol. The average Bonchev–Trinajstić information content (AvgIpc) is 3.03. The van der Waals surface area contributed by atoms with Gasteiger partial charge < -0.3 is 14.3 Å². The van der Waals surface area contributed by atoms with Gasteiger partial charge in [0.15, 0.2) is 5.65 Å². The molecule has 5 nitrogen and oxygen atoms in total. The first kappa shape index (κ1) is 15.9. The van der Waals surface area contributed by atoms with Gasteiger partial charge in [-0.3, -0.25) is 4.79 Å². The van der Waals surface area contributed by atoms with Crippen molar-refractivity contribution in [2.75, 3.05) is 7.11 Å². The molecule has 0 amide bonds. The van der Waals surface area contributed by atoms with Crippen LogP contribution < -0.4 is 10.3 Å². The van der Waals surface area contributed by atoms with Gasteiger partial charge in [-0.2, -0.15) is 0 Å². The second-order valence-corrected chi connectivity index (χ2v) is 6.79. The summed E-state index contributed by atoms with van der Waals surface area (Å²) in [6.07, 6.45) is 3.39. The van der Waals surface area contributed by atoms with Gasteiger partial charge in [0.25, 0.3) is 5.56 Å². The number of halogens is 1. The maximum atomic E-state index is 12.5. The Morgan fingerprint density at radius 2 is 1.80 bits per heavy atom. The predicted molar refractivity (Wildman–Crippen MR) is 106 cm³/mol. The number of nitrogens with one attached hydrogen (secondary N) is 1. The molecule has 0 spiro atoms. The van der Waals surface area contributed by atoms with Gasteiger partial charge in [0.05, 0.1) is 18.8 Å². The van der Waals surface area contributed by atoms with E-state index in [1.165, 1.54) is 6.33 Å². The third kappa shape index (κ3) is 2.82. The first-order valence-electron chi connectivity index (χ1n) is 7.66. The number of hydrogen-bond acceptors (Lipinski definition) is 3. The highest BCUT2D eigenvalue weighted by atomic mass is 127. The van der Waals surface area contributed by atoms with Crippen LogP contribution in [0.5, 0.6) is 5.75 Å². The minimum atomic E-state index is -0.153. The van der Waals surface area contributed by atoms with E-state index in [-0.39, 0.29) is 5.56 Å². The van der Waals surface area contributed by atoms with E-state index in [9.17, 15) is 4.79 Å². The number of rotatable bonds is 3. The maximum absolute atomic E-state index is 12.5. The minimum Gasteiger partial charge on any atom is -0.497 e. The highest BCUT2D eigenvalue weighted by molar-refractivity contribution is 14.1. The van der Waals surface area contributed by atoms with Crippen molar-refractivity contribution in [2.24, 2.45) is 0 Å². The summed E-state index contributed by atoms with van der Waals surface area (Å²) in [5.41, 5.74) is 3.22. The number of aromatic nitrogens is 3. The molecule has 0 saturated heterocycles. The van der Waals surface area contributed by atoms with Crippen molar-refractivity contribution >= 4 is 33.6 Å². The number of nitrogens with zero attached hydrogens (tertiary/aromatic N) is 2. The van der Waals surface area contributed by atoms with Crippen LogP contribution in [-0.2, 0) is 0 Å². The topological polar surface area (TPSA) is 59.9 Å². The van der Waals surface area contributed by atoms with E-state index < -0.39 is 0 Å². The molecule has 2 aromatic carbocycles. The molecule has 124 valence electrons. The summed E-state index contributed by atoms with van der Waals surface area (Å²) in [4.78, 5) is 19.5. The number of aromatic amines is 1. The molecule has 0 bridgehead atoms. The summed E-state index contributed by atoms with van der Waals surface area (Å²) in [5.74, 6) is 0.775. The Labute approximate surface area is 157 Å². The summed E-state index contributed by atoms with van der Waals surface area (Å²) in [6, 6.07) is 15.7. The fourth-order valence-corrected chi connectivity index (χ4v) is 3.22. The summed E-state index contributed by atoms with van der Waals surface area (Å²) in [7, 11) is 1.63. The SMILES string of the molecule is COc1ccc(-c2cn(-c3ccc(I)cc3)c3nc[nH]c(=O)c23)cc1. The number of ether oxygens (including phenoxy) is 1. The molecule has 0 radical (unpaired) electrons. The van der Waals surface area contributed by atoms with Gasteiger partial charge in [-0.25, -0.2) is 4.98 Å². The second-order valence-electron chi connectivity index (χ2n) is 5.55. The first-order chi connectivity index (χ1) is 12.2. The van der Waals surface area contributed by atoms with Crippen molar-refractivity contribution in [2.45, 2.75) is 0 Å². The monoisotopic (exact) mass is 443 g/mol. The van der Waals surface area contributed by atoms with Crippen molar-refractivity contribution in [3.05, 3.63) is 75.0 Å². The summed E-state index contributed by atoms with van der Waals surface area (Å²) in [6.45, 7) is 0. The van der Waals surface area contributed by atoms with E-state index >= 15 is 0 Å². The van der Waals surface area contributed by atoms with Crippen molar-refractivity contribution in [1.82, 2.24) is 14.5 Å². The normalized spacial score (nSPS) is 11.0. The Hall–Kier alpha value is -2.61. The van der Waals surface area contributed by atoms with E-state index in [2.05, 4.69) is 32.6 Å². The molecule has 1 N–H and O–H groups in total. The maximum Gasteiger partial charge on any atom is 0.260 e. The zero-order chi connectivity index (χ0) is 17.4. The molecular formula is C19H14IN3O2. The minimum absolute atomic E-state index is 0.153. The van der Waals surface area contributed by atoms with Crippen LogP contribution in [0.2, 0.25) is 0 Å². The van der Waals surface area contributed by atoms with Crippen LogP contribution in [0, 0.1) is 3.57 Å². The smallest absolute Gasteiger partial charge is 0.260 e. The lowest BCUT2D eigenvalue weighted by Gasteiger charge is -2.04. The summed E-state index contributed by atoms with van der Waals surface area (Å²) < 4.78 is 8.31. The Bertz CT molecular complexity index is 1100. The van der Waals surface area contributed by atoms with Gasteiger partial charge in [-0.05, 0) is 64.6 Å². The molecule has 2 aromatic heterocycles. The number of fused-ring (bicyclic) bond motifs is 1. The van der Waals surface area contributed by atoms with Gasteiger partial charge in [0.1, 0.15) is 5.75 Å². The lowest BCUT2D eigenvalue weighted by molar-refractivity contribution is 0.415. The number of hydrogen-bond donors (Lipinski definition) is 1. The zero-order valence-electron chi connectivity index (χ0n) is 13.4. The van der Waals surface area contributed by atoms with Crippen LogP contribution >= 0.6 is 22.6 Å². The van der Waals surface area contributed by atoms with E-state index in [0.717, 1.165) is 26.1 Å². The van der Waals surface area contributed by atoms with Crippen LogP contribution in [0.1, 0.15) is 0 Å². The van der Waals surface area contributed by atoms with E-state index in [4.69, 9.17) is 4.74 Å². The Balaban J connectivity index is 1.98. The molecule has 0 fully saturated rings. The first-order valence-corrected chi connectivity index (χ1v) is 8.74. The molecule has 4 rings (SSSR count). The molecule has 0 atom stereocenters. The van der Waals surface area contributed by atoms with Crippen LogP contribution in [-0.4, -0.2) is 21.6 Å². The largest absolute Gasteiger partial charge is 0.497 e. The van der Waals surface area contributed by atoms with E-state index in [1.807, 2.05) is 59.3 Å². The van der Waals surface area contributed by atoms with E-state index in [0.29, 0.717) is 11.0 Å². The fourth-order valence-electron chi connectivity index (χ4n) is 2.86. The van der Waals surface area contributed by atoms with Gasteiger partial charge >= 0.3 is 0 Å². The second kappa shape index (κ2) is 6.36. The molecule has 25 heavy (non-hydrogen) atoms. The molecule has 0 saturated carbocycles. The molecule has 0 aliphatic rings. The molecule has 0 aliphatic carbocycles. The molecule has 0 aliphatic heterocycles. The lowest BCUT2D eigenvalue weighted by Crippen LogP contribution is -2.07. The van der Waals surface area contributed by atoms with Gasteiger partial charge in [0.2, 0.25) is 0 Å². The number of H-pyrrole nitrogens is 1. The van der Waals surface area contributed by atoms with Crippen LogP contribution in [0.4, 0.5) is 0 Å². The highest BCUT2D eigenvalue weighted by Crippen LogP contribution is 2.30. The molecule has 2 heterocycles. The summed E-state index contributed by atoms with van der Waals surface area (Å²) in [5, 5.41) is 0.575. The molecule has 4 aromatic rings. The number of methoxy groups -OCH3 is 1. The van der Waals surface area contributed by atoms with Crippen LogP contribution in [0.25, 0.3) is 27.8 Å². The van der Waals surface area contributed by atoms with Gasteiger partial charge in [-0.1, -0.05) is 12.1 Å². The number of benzene rings is 2. The fraction of sp³-hybridized carbons (Fsp3) is 0.0526. The quantitative estimate of drug-likeness (QED) is 0.488. The summed E-state index contributed by atoms with van der Waals surface area (Å²) >= 11 is 2.27. The van der Waals surface area contributed by atoms with Crippen molar-refractivity contribution in [1.29, 1.82) is 0 Å². The van der Waals surface area contributed by atoms with Gasteiger partial charge in [0, 0.05) is 21.0 Å². The average molecular weight is 443 g/mol. The standard InChI is InChI=1S/C19H14IN3O2/c1-25-15-8-2-12(3-9-15)16-10-23(14-6-4-13(20)5-7-14)18-17(16)19(24)22-11-21-18/h2-11H,1H3,(H,21,22,24).